The van der Waals surface area contributed by atoms with Crippen molar-refractivity contribution in [3.63, 3.8) is 0 Å². The summed E-state index contributed by atoms with van der Waals surface area (Å²) in [5, 5.41) is 15.9. The van der Waals surface area contributed by atoms with Crippen molar-refractivity contribution in [1.29, 1.82) is 0 Å². The second-order valence-corrected chi connectivity index (χ2v) is 12.8. The van der Waals surface area contributed by atoms with Gasteiger partial charge in [-0.1, -0.05) is 18.9 Å². The topological polar surface area (TPSA) is 108 Å². The predicted molar refractivity (Wildman–Crippen MR) is 172 cm³/mol. The lowest BCUT2D eigenvalue weighted by molar-refractivity contribution is -0.172. The summed E-state index contributed by atoms with van der Waals surface area (Å²) in [7, 11) is 1.43. The minimum Gasteiger partial charge on any atom is -0.509 e. The summed E-state index contributed by atoms with van der Waals surface area (Å²) >= 11 is 0. The molecule has 0 atom stereocenters. The summed E-state index contributed by atoms with van der Waals surface area (Å²) in [6, 6.07) is 4.68. The molecule has 2 saturated carbocycles. The van der Waals surface area contributed by atoms with Crippen molar-refractivity contribution in [3.05, 3.63) is 82.5 Å². The second-order valence-electron chi connectivity index (χ2n) is 12.8. The molecule has 6 rings (SSSR count). The number of likely N-dealkylation sites (N-methyl/N-ethyl adjacent to an activating group) is 1. The summed E-state index contributed by atoms with van der Waals surface area (Å²) in [6.45, 7) is -0.366. The largest absolute Gasteiger partial charge is 0.509 e. The molecule has 52 heavy (non-hydrogen) atoms. The van der Waals surface area contributed by atoms with Gasteiger partial charge in [0.2, 0.25) is 5.82 Å². The van der Waals surface area contributed by atoms with Gasteiger partial charge < -0.3 is 15.2 Å². The van der Waals surface area contributed by atoms with E-state index in [4.69, 9.17) is 4.74 Å². The first-order valence-electron chi connectivity index (χ1n) is 16.0. The van der Waals surface area contributed by atoms with Crippen molar-refractivity contribution < 1.29 is 54.6 Å². The zero-order valence-electron chi connectivity index (χ0n) is 27.4. The van der Waals surface area contributed by atoms with Crippen LogP contribution in [0.1, 0.15) is 61.8 Å². The van der Waals surface area contributed by atoms with Gasteiger partial charge in [0.25, 0.3) is 11.8 Å². The number of amides is 2. The predicted octanol–water partition coefficient (Wildman–Crippen LogP) is 8.01. The molecule has 0 bridgehead atoms. The summed E-state index contributed by atoms with van der Waals surface area (Å²) in [5.74, 6) is -5.74. The Morgan fingerprint density at radius 2 is 1.67 bits per heavy atom. The lowest BCUT2D eigenvalue weighted by Gasteiger charge is -2.54. The SMILES string of the molecule is CN1N(Cc2ccc(OCC3CCCC3)c(F)c2F)C(=O)C(C(=O)Nc2ccc(C(F)(F)F)cc2-c2cc(C(F)(F)F)ncn2)=C(O)C12CCC2.Cl. The number of rotatable bonds is 8. The Morgan fingerprint density at radius 3 is 2.29 bits per heavy atom. The Kier molecular flexibility index (Phi) is 10.8. The molecule has 0 radical (unpaired) electrons. The number of carbonyl (C=O) groups is 2. The van der Waals surface area contributed by atoms with Gasteiger partial charge in [-0.05, 0) is 68.4 Å². The molecule has 2 aliphatic carbocycles. The summed E-state index contributed by atoms with van der Waals surface area (Å²) in [4.78, 5) is 34.5. The number of carbonyl (C=O) groups excluding carboxylic acids is 2. The van der Waals surface area contributed by atoms with Crippen LogP contribution in [0.3, 0.4) is 0 Å². The molecule has 2 fully saturated rings. The summed E-state index contributed by atoms with van der Waals surface area (Å²) in [6.07, 6.45) is -4.48. The number of nitrogens with zero attached hydrogens (tertiary/aromatic N) is 4. The molecule has 2 heterocycles. The number of nitrogens with one attached hydrogen (secondary N) is 1. The van der Waals surface area contributed by atoms with E-state index in [1.165, 1.54) is 24.2 Å². The normalized spacial score (nSPS) is 18.0. The molecule has 18 heteroatoms. The molecular weight excluding hydrogens is 730 g/mol. The first-order valence-corrected chi connectivity index (χ1v) is 16.0. The molecule has 2 amide bonds. The Labute approximate surface area is 298 Å². The third kappa shape index (κ3) is 7.24. The molecule has 0 unspecified atom stereocenters. The molecule has 1 spiro atoms. The van der Waals surface area contributed by atoms with Gasteiger partial charge in [-0.3, -0.25) is 14.6 Å². The Morgan fingerprint density at radius 1 is 0.981 bits per heavy atom. The molecule has 280 valence electrons. The number of alkyl halides is 6. The number of aromatic nitrogens is 2. The van der Waals surface area contributed by atoms with Crippen LogP contribution >= 0.6 is 12.4 Å². The molecule has 1 aromatic heterocycles. The van der Waals surface area contributed by atoms with Crippen LogP contribution in [0, 0.1) is 17.6 Å². The average Bonchev–Trinajstić information content (AvgIpc) is 3.57. The van der Waals surface area contributed by atoms with Gasteiger partial charge in [-0.2, -0.15) is 30.7 Å². The molecule has 0 saturated heterocycles. The molecular formula is C34H32ClF8N5O4. The fourth-order valence-electron chi connectivity index (χ4n) is 6.68. The number of ether oxygens (including phenoxy) is 1. The van der Waals surface area contributed by atoms with Gasteiger partial charge in [0.15, 0.2) is 11.6 Å². The highest BCUT2D eigenvalue weighted by Crippen LogP contribution is 2.47. The van der Waals surface area contributed by atoms with Crippen LogP contribution in [0.4, 0.5) is 40.8 Å². The van der Waals surface area contributed by atoms with E-state index >= 15 is 8.78 Å². The van der Waals surface area contributed by atoms with Gasteiger partial charge in [0, 0.05) is 18.2 Å². The maximum absolute atomic E-state index is 15.4. The molecule has 9 nitrogen and oxygen atoms in total. The monoisotopic (exact) mass is 761 g/mol. The third-order valence-corrected chi connectivity index (χ3v) is 9.74. The maximum atomic E-state index is 15.4. The van der Waals surface area contributed by atoms with E-state index in [2.05, 4.69) is 15.3 Å². The fraction of sp³-hybridized carbons (Fsp3) is 0.412. The van der Waals surface area contributed by atoms with E-state index in [1.54, 1.807) is 0 Å². The fourth-order valence-corrected chi connectivity index (χ4v) is 6.68. The zero-order valence-corrected chi connectivity index (χ0v) is 28.2. The van der Waals surface area contributed by atoms with Crippen LogP contribution in [0.5, 0.6) is 5.75 Å². The van der Waals surface area contributed by atoms with Gasteiger partial charge in [-0.15, -0.1) is 12.4 Å². The zero-order chi connectivity index (χ0) is 36.9. The van der Waals surface area contributed by atoms with E-state index < -0.39 is 87.4 Å². The van der Waals surface area contributed by atoms with Crippen LogP contribution in [0.15, 0.2) is 54.1 Å². The van der Waals surface area contributed by atoms with E-state index in [9.17, 15) is 41.0 Å². The van der Waals surface area contributed by atoms with E-state index in [1.807, 2.05) is 0 Å². The van der Waals surface area contributed by atoms with E-state index in [-0.39, 0.29) is 49.1 Å². The Hall–Kier alpha value is -4.51. The van der Waals surface area contributed by atoms with Crippen molar-refractivity contribution in [2.24, 2.45) is 5.92 Å². The molecule has 3 aliphatic rings. The summed E-state index contributed by atoms with van der Waals surface area (Å²) in [5.41, 5.74) is -6.84. The number of benzene rings is 2. The minimum atomic E-state index is -4.98. The van der Waals surface area contributed by atoms with E-state index in [0.29, 0.717) is 30.9 Å². The number of anilines is 1. The van der Waals surface area contributed by atoms with Crippen molar-refractivity contribution in [2.45, 2.75) is 69.4 Å². The lowest BCUT2D eigenvalue weighted by Crippen LogP contribution is -2.65. The highest BCUT2D eigenvalue weighted by Gasteiger charge is 2.55. The van der Waals surface area contributed by atoms with Gasteiger partial charge >= 0.3 is 12.4 Å². The number of hydrogen-bond donors (Lipinski definition) is 2. The van der Waals surface area contributed by atoms with Crippen LogP contribution in [0.25, 0.3) is 11.3 Å². The van der Waals surface area contributed by atoms with Crippen LogP contribution in [0.2, 0.25) is 0 Å². The first kappa shape index (κ1) is 38.7. The lowest BCUT2D eigenvalue weighted by atomic mass is 9.72. The molecule has 2 aromatic carbocycles. The quantitative estimate of drug-likeness (QED) is 0.177. The number of aliphatic hydroxyl groups excluding tert-OH is 1. The standard InChI is InChI=1S/C34H31F8N5O4.ClH/c1-46-32(11-4-12-32)29(48)26(31(50)47(46)15-19-7-10-24(28(36)27(19)35)51-16-18-5-2-3-6-18)30(49)45-22-9-8-20(33(37,38)39)13-21(22)23-14-25(34(40,41)42)44-17-43-23;/h7-10,13-14,17-18,48H,2-6,11-12,15-16H2,1H3,(H,45,49);1H. The number of aliphatic hydroxyl groups is 1. The van der Waals surface area contributed by atoms with Crippen molar-refractivity contribution in [3.8, 4) is 17.0 Å². The Bertz CT molecular complexity index is 1890. The first-order chi connectivity index (χ1) is 24.0. The number of hydrogen-bond acceptors (Lipinski definition) is 7. The van der Waals surface area contributed by atoms with Crippen LogP contribution in [-0.2, 0) is 28.5 Å². The highest BCUT2D eigenvalue weighted by molar-refractivity contribution is 6.24. The van der Waals surface area contributed by atoms with Gasteiger partial charge in [-0.25, -0.2) is 19.4 Å². The van der Waals surface area contributed by atoms with Crippen LogP contribution in [-0.4, -0.2) is 56.1 Å². The van der Waals surface area contributed by atoms with Crippen molar-refractivity contribution in [1.82, 2.24) is 20.0 Å². The maximum Gasteiger partial charge on any atom is 0.433 e. The average molecular weight is 762 g/mol. The third-order valence-electron chi connectivity index (χ3n) is 9.74. The number of halogens is 9. The smallest absolute Gasteiger partial charge is 0.433 e. The minimum absolute atomic E-state index is 0. The summed E-state index contributed by atoms with van der Waals surface area (Å²) < 4.78 is 117. The van der Waals surface area contributed by atoms with E-state index in [0.717, 1.165) is 36.8 Å². The van der Waals surface area contributed by atoms with Crippen molar-refractivity contribution >= 4 is 29.9 Å². The van der Waals surface area contributed by atoms with Crippen molar-refractivity contribution in [2.75, 3.05) is 19.0 Å². The highest BCUT2D eigenvalue weighted by atomic mass is 35.5. The molecule has 3 aromatic rings. The molecule has 1 aliphatic heterocycles. The van der Waals surface area contributed by atoms with Gasteiger partial charge in [0.05, 0.1) is 35.6 Å². The molecule has 2 N–H and O–H groups in total. The second kappa shape index (κ2) is 14.5. The Balaban J connectivity index is 0.00000523. The van der Waals surface area contributed by atoms with Crippen LogP contribution < -0.4 is 10.1 Å². The van der Waals surface area contributed by atoms with Gasteiger partial charge in [0.1, 0.15) is 23.4 Å². The number of hydrazine groups is 1.